The lowest BCUT2D eigenvalue weighted by Crippen LogP contribution is -2.60. The highest BCUT2D eigenvalue weighted by atomic mass is 16.6. The number of amides is 4. The fourth-order valence-electron chi connectivity index (χ4n) is 5.01. The molecule has 0 saturated carbocycles. The molecule has 11 heteroatoms. The molecule has 1 fully saturated rings. The highest BCUT2D eigenvalue weighted by molar-refractivity contribution is 5.87. The number of carbonyl (C=O) groups excluding carboxylic acids is 4. The van der Waals surface area contributed by atoms with E-state index in [1.165, 1.54) is 4.90 Å². The molecule has 0 aromatic heterocycles. The molecule has 4 amide bonds. The second-order valence-electron chi connectivity index (χ2n) is 12.0. The third kappa shape index (κ3) is 11.5. The van der Waals surface area contributed by atoms with Crippen LogP contribution in [0.15, 0.2) is 60.7 Å². The normalized spacial score (nSPS) is 17.8. The fraction of sp³-hybridized carbons (Fsp3) is 0.515. The Labute approximate surface area is 259 Å². The van der Waals surface area contributed by atoms with Crippen molar-refractivity contribution in [3.05, 3.63) is 71.8 Å². The molecule has 11 nitrogen and oxygen atoms in total. The Morgan fingerprint density at radius 2 is 1.27 bits per heavy atom. The van der Waals surface area contributed by atoms with E-state index < -0.39 is 42.3 Å². The van der Waals surface area contributed by atoms with Gasteiger partial charge in [-0.1, -0.05) is 88.4 Å². The first-order valence-electron chi connectivity index (χ1n) is 15.2. The molecule has 1 saturated heterocycles. The lowest BCUT2D eigenvalue weighted by molar-refractivity contribution is -0.138. The predicted molar refractivity (Wildman–Crippen MR) is 165 cm³/mol. The summed E-state index contributed by atoms with van der Waals surface area (Å²) in [5.41, 5.74) is 1.66. The van der Waals surface area contributed by atoms with Crippen molar-refractivity contribution in [2.45, 2.75) is 84.4 Å². The van der Waals surface area contributed by atoms with Gasteiger partial charge in [0.25, 0.3) is 0 Å². The quantitative estimate of drug-likeness (QED) is 0.270. The van der Waals surface area contributed by atoms with Crippen LogP contribution in [-0.4, -0.2) is 71.3 Å². The van der Waals surface area contributed by atoms with E-state index in [4.69, 9.17) is 9.47 Å². The second-order valence-corrected chi connectivity index (χ2v) is 12.0. The van der Waals surface area contributed by atoms with Crippen molar-refractivity contribution in [1.82, 2.24) is 20.9 Å². The minimum Gasteiger partial charge on any atom is -0.445 e. The summed E-state index contributed by atoms with van der Waals surface area (Å²) in [6, 6.07) is 16.2. The number of carbonyl (C=O) groups is 4. The average Bonchev–Trinajstić information content (AvgIpc) is 2.99. The molecule has 2 aromatic carbocycles. The number of benzene rings is 2. The van der Waals surface area contributed by atoms with Crippen LogP contribution >= 0.6 is 0 Å². The summed E-state index contributed by atoms with van der Waals surface area (Å²) in [7, 11) is 0. The Hall–Kier alpha value is -4.12. The number of likely N-dealkylation sites (tertiary alicyclic amines) is 1. The summed E-state index contributed by atoms with van der Waals surface area (Å²) in [5, 5.41) is 19.1. The SMILES string of the molecule is CC(C)C[C@H](NC(=O)OCc1ccccc1)C(=O)N1CCC(NC(=O)[C@@H](CC(C)C)NC(=O)OCc2ccccc2)C(O)C1. The number of hydrogen-bond donors (Lipinski definition) is 4. The molecule has 1 heterocycles. The van der Waals surface area contributed by atoms with Crippen LogP contribution in [-0.2, 0) is 32.3 Å². The number of hydrogen-bond acceptors (Lipinski definition) is 7. The zero-order valence-electron chi connectivity index (χ0n) is 26.0. The summed E-state index contributed by atoms with van der Waals surface area (Å²) in [4.78, 5) is 53.1. The summed E-state index contributed by atoms with van der Waals surface area (Å²) in [6.45, 7) is 8.20. The van der Waals surface area contributed by atoms with E-state index in [9.17, 15) is 24.3 Å². The van der Waals surface area contributed by atoms with E-state index in [0.29, 0.717) is 19.3 Å². The van der Waals surface area contributed by atoms with Gasteiger partial charge in [-0.2, -0.15) is 0 Å². The third-order valence-corrected chi connectivity index (χ3v) is 7.26. The standard InChI is InChI=1S/C33H46N4O7/c1-22(2)17-27(35-32(41)43-20-24-11-7-5-8-12-24)30(39)34-26-15-16-37(19-29(26)38)31(40)28(18-23(3)4)36-33(42)44-21-25-13-9-6-10-14-25/h5-14,22-23,26-29,38H,15-21H2,1-4H3,(H,34,39)(H,35,41)(H,36,42)/t26?,27-,28+,29?/m1/s1. The number of β-amino-alcohol motifs (C(OH)–C–C–N with tert-alkyl or cyclic N) is 1. The highest BCUT2D eigenvalue weighted by Gasteiger charge is 2.36. The highest BCUT2D eigenvalue weighted by Crippen LogP contribution is 2.17. The van der Waals surface area contributed by atoms with Crippen LogP contribution in [0, 0.1) is 11.8 Å². The molecule has 0 spiro atoms. The van der Waals surface area contributed by atoms with E-state index >= 15 is 0 Å². The number of aliphatic hydroxyl groups excluding tert-OH is 1. The van der Waals surface area contributed by atoms with Gasteiger partial charge in [0.2, 0.25) is 11.8 Å². The molecule has 1 aliphatic heterocycles. The third-order valence-electron chi connectivity index (χ3n) is 7.26. The van der Waals surface area contributed by atoms with Gasteiger partial charge in [0.05, 0.1) is 12.1 Å². The van der Waals surface area contributed by atoms with Crippen molar-refractivity contribution in [3.8, 4) is 0 Å². The van der Waals surface area contributed by atoms with Crippen LogP contribution in [0.2, 0.25) is 0 Å². The number of aliphatic hydroxyl groups is 1. The largest absolute Gasteiger partial charge is 0.445 e. The Morgan fingerprint density at radius 1 is 0.795 bits per heavy atom. The predicted octanol–water partition coefficient (Wildman–Crippen LogP) is 3.75. The van der Waals surface area contributed by atoms with Gasteiger partial charge < -0.3 is 35.4 Å². The van der Waals surface area contributed by atoms with Crippen molar-refractivity contribution in [1.29, 1.82) is 0 Å². The second kappa shape index (κ2) is 17.2. The Morgan fingerprint density at radius 3 is 1.75 bits per heavy atom. The van der Waals surface area contributed by atoms with Gasteiger partial charge >= 0.3 is 12.2 Å². The van der Waals surface area contributed by atoms with Gasteiger partial charge in [-0.25, -0.2) is 9.59 Å². The van der Waals surface area contributed by atoms with Gasteiger partial charge in [0.1, 0.15) is 25.3 Å². The molecule has 4 N–H and O–H groups in total. The molecule has 2 unspecified atom stereocenters. The number of ether oxygens (including phenoxy) is 2. The Balaban J connectivity index is 1.53. The molecular weight excluding hydrogens is 564 g/mol. The fourth-order valence-corrected chi connectivity index (χ4v) is 5.01. The van der Waals surface area contributed by atoms with Crippen molar-refractivity contribution in [3.63, 3.8) is 0 Å². The Bertz CT molecular complexity index is 1210. The first-order valence-corrected chi connectivity index (χ1v) is 15.2. The van der Waals surface area contributed by atoms with Gasteiger partial charge in [0.15, 0.2) is 0 Å². The average molecular weight is 611 g/mol. The van der Waals surface area contributed by atoms with E-state index in [-0.39, 0.29) is 44.0 Å². The molecule has 2 aromatic rings. The van der Waals surface area contributed by atoms with Crippen LogP contribution in [0.1, 0.15) is 58.1 Å². The minimum absolute atomic E-state index is 0.0134. The number of rotatable bonds is 13. The van der Waals surface area contributed by atoms with E-state index in [2.05, 4.69) is 16.0 Å². The molecule has 3 rings (SSSR count). The summed E-state index contributed by atoms with van der Waals surface area (Å²) in [6.07, 6.45) is -1.36. The Kier molecular flexibility index (Phi) is 13.5. The summed E-state index contributed by atoms with van der Waals surface area (Å²) >= 11 is 0. The van der Waals surface area contributed by atoms with Crippen molar-refractivity contribution in [2.24, 2.45) is 11.8 Å². The van der Waals surface area contributed by atoms with Crippen LogP contribution in [0.5, 0.6) is 0 Å². The molecule has 240 valence electrons. The molecule has 0 bridgehead atoms. The topological polar surface area (TPSA) is 146 Å². The van der Waals surface area contributed by atoms with Gasteiger partial charge in [0, 0.05) is 13.1 Å². The van der Waals surface area contributed by atoms with E-state index in [1.54, 1.807) is 0 Å². The monoisotopic (exact) mass is 610 g/mol. The van der Waals surface area contributed by atoms with Crippen LogP contribution < -0.4 is 16.0 Å². The van der Waals surface area contributed by atoms with Crippen molar-refractivity contribution < 1.29 is 33.8 Å². The van der Waals surface area contributed by atoms with Gasteiger partial charge in [-0.05, 0) is 42.2 Å². The number of nitrogens with one attached hydrogen (secondary N) is 3. The van der Waals surface area contributed by atoms with Crippen molar-refractivity contribution in [2.75, 3.05) is 13.1 Å². The van der Waals surface area contributed by atoms with Crippen LogP contribution in [0.25, 0.3) is 0 Å². The number of nitrogens with zero attached hydrogens (tertiary/aromatic N) is 1. The maximum atomic E-state index is 13.4. The van der Waals surface area contributed by atoms with Gasteiger partial charge in [-0.15, -0.1) is 0 Å². The van der Waals surface area contributed by atoms with E-state index in [0.717, 1.165) is 11.1 Å². The molecule has 0 aliphatic carbocycles. The smallest absolute Gasteiger partial charge is 0.408 e. The number of alkyl carbamates (subject to hydrolysis) is 2. The summed E-state index contributed by atoms with van der Waals surface area (Å²) in [5.74, 6) is -0.529. The van der Waals surface area contributed by atoms with E-state index in [1.807, 2.05) is 88.4 Å². The zero-order valence-corrected chi connectivity index (χ0v) is 26.0. The summed E-state index contributed by atoms with van der Waals surface area (Å²) < 4.78 is 10.6. The van der Waals surface area contributed by atoms with Gasteiger partial charge in [-0.3, -0.25) is 9.59 Å². The first-order chi connectivity index (χ1) is 21.0. The molecular formula is C33H46N4O7. The molecule has 1 aliphatic rings. The molecule has 44 heavy (non-hydrogen) atoms. The molecule has 4 atom stereocenters. The van der Waals surface area contributed by atoms with Crippen LogP contribution in [0.4, 0.5) is 9.59 Å². The molecule has 0 radical (unpaired) electrons. The lowest BCUT2D eigenvalue weighted by Gasteiger charge is -2.38. The van der Waals surface area contributed by atoms with Crippen molar-refractivity contribution >= 4 is 24.0 Å². The number of piperidine rings is 1. The minimum atomic E-state index is -1.04. The maximum absolute atomic E-state index is 13.4. The maximum Gasteiger partial charge on any atom is 0.408 e. The van der Waals surface area contributed by atoms with Crippen LogP contribution in [0.3, 0.4) is 0 Å². The lowest BCUT2D eigenvalue weighted by atomic mass is 9.97. The zero-order chi connectivity index (χ0) is 32.1. The first kappa shape index (κ1) is 34.4.